The lowest BCUT2D eigenvalue weighted by molar-refractivity contribution is 0.475. The largest absolute Gasteiger partial charge is 0.508 e. The van der Waals surface area contributed by atoms with E-state index in [0.717, 1.165) is 16.3 Å². The first-order chi connectivity index (χ1) is 8.33. The molecule has 3 aromatic rings. The van der Waals surface area contributed by atoms with Crippen LogP contribution in [0.1, 0.15) is 0 Å². The number of thiophene rings is 1. The first-order valence-electron chi connectivity index (χ1n) is 5.10. The van der Waals surface area contributed by atoms with Gasteiger partial charge in [0.15, 0.2) is 0 Å². The lowest BCUT2D eigenvalue weighted by atomic mass is 10.2. The Labute approximate surface area is 107 Å². The molecule has 0 unspecified atom stereocenters. The van der Waals surface area contributed by atoms with E-state index >= 15 is 0 Å². The van der Waals surface area contributed by atoms with Gasteiger partial charge in [-0.25, -0.2) is 4.98 Å². The van der Waals surface area contributed by atoms with Gasteiger partial charge >= 0.3 is 0 Å². The minimum Gasteiger partial charge on any atom is -0.508 e. The van der Waals surface area contributed by atoms with Gasteiger partial charge in [-0.05, 0) is 35.7 Å². The van der Waals surface area contributed by atoms with E-state index in [1.807, 2.05) is 17.5 Å². The minimum absolute atomic E-state index is 0.280. The smallest absolute Gasteiger partial charge is 0.124 e. The Hall–Kier alpha value is -1.65. The first-order valence-corrected chi connectivity index (χ1v) is 6.93. The number of thiazole rings is 1. The fourth-order valence-electron chi connectivity index (χ4n) is 1.56. The van der Waals surface area contributed by atoms with Crippen LogP contribution in [0.25, 0.3) is 21.8 Å². The Morgan fingerprint density at radius 3 is 2.47 bits per heavy atom. The molecule has 0 spiro atoms. The van der Waals surface area contributed by atoms with Crippen LogP contribution >= 0.6 is 22.7 Å². The summed E-state index contributed by atoms with van der Waals surface area (Å²) in [4.78, 5) is 4.60. The number of phenolic OH excluding ortho intramolecular Hbond substituents is 1. The third-order valence-electron chi connectivity index (χ3n) is 2.44. The topological polar surface area (TPSA) is 33.1 Å². The Balaban J connectivity index is 1.98. The summed E-state index contributed by atoms with van der Waals surface area (Å²) in [5, 5.41) is 16.5. The molecule has 0 radical (unpaired) electrons. The molecule has 2 aromatic heterocycles. The number of aromatic nitrogens is 1. The van der Waals surface area contributed by atoms with Crippen LogP contribution in [0.4, 0.5) is 0 Å². The van der Waals surface area contributed by atoms with Crippen molar-refractivity contribution >= 4 is 22.7 Å². The molecule has 2 nitrogen and oxygen atoms in total. The Kier molecular flexibility index (Phi) is 2.66. The number of nitrogens with zero attached hydrogens (tertiary/aromatic N) is 1. The molecule has 84 valence electrons. The summed E-state index contributed by atoms with van der Waals surface area (Å²) < 4.78 is 0. The predicted molar refractivity (Wildman–Crippen MR) is 72.5 cm³/mol. The van der Waals surface area contributed by atoms with Gasteiger partial charge in [0.1, 0.15) is 10.8 Å². The lowest BCUT2D eigenvalue weighted by Crippen LogP contribution is -1.77. The van der Waals surface area contributed by atoms with Crippen molar-refractivity contribution in [2.24, 2.45) is 0 Å². The molecule has 0 aliphatic rings. The van der Waals surface area contributed by atoms with Gasteiger partial charge < -0.3 is 5.11 Å². The summed E-state index contributed by atoms with van der Waals surface area (Å²) >= 11 is 3.31. The van der Waals surface area contributed by atoms with Crippen molar-refractivity contribution in [1.29, 1.82) is 0 Å². The zero-order valence-corrected chi connectivity index (χ0v) is 10.5. The molecule has 0 amide bonds. The van der Waals surface area contributed by atoms with Crippen LogP contribution in [-0.2, 0) is 0 Å². The molecular formula is C13H9NOS2. The van der Waals surface area contributed by atoms with E-state index in [9.17, 15) is 5.11 Å². The maximum absolute atomic E-state index is 9.24. The van der Waals surface area contributed by atoms with Gasteiger partial charge in [0.05, 0.1) is 5.69 Å². The highest BCUT2D eigenvalue weighted by Gasteiger charge is 2.06. The summed E-state index contributed by atoms with van der Waals surface area (Å²) in [6.07, 6.45) is 0. The highest BCUT2D eigenvalue weighted by atomic mass is 32.1. The van der Waals surface area contributed by atoms with Crippen molar-refractivity contribution in [3.63, 3.8) is 0 Å². The molecule has 0 fully saturated rings. The van der Waals surface area contributed by atoms with E-state index in [1.54, 1.807) is 34.8 Å². The third kappa shape index (κ3) is 2.09. The standard InChI is InChI=1S/C13H9NOS2/c15-11-3-1-9(2-4-11)12-8-17-13(14-12)10-5-6-16-7-10/h1-8,15H. The van der Waals surface area contributed by atoms with Crippen molar-refractivity contribution in [3.8, 4) is 27.6 Å². The fraction of sp³-hybridized carbons (Fsp3) is 0. The normalized spacial score (nSPS) is 10.6. The molecule has 2 heterocycles. The number of hydrogen-bond donors (Lipinski definition) is 1. The van der Waals surface area contributed by atoms with E-state index in [1.165, 1.54) is 5.56 Å². The summed E-state index contributed by atoms with van der Waals surface area (Å²) in [7, 11) is 0. The van der Waals surface area contributed by atoms with Crippen molar-refractivity contribution in [2.75, 3.05) is 0 Å². The molecule has 0 aliphatic heterocycles. The lowest BCUT2D eigenvalue weighted by Gasteiger charge is -1.96. The fourth-order valence-corrected chi connectivity index (χ4v) is 3.10. The Bertz CT molecular complexity index is 611. The molecule has 1 aromatic carbocycles. The molecule has 0 saturated carbocycles. The number of aromatic hydroxyl groups is 1. The molecule has 4 heteroatoms. The second-order valence-electron chi connectivity index (χ2n) is 3.60. The number of phenols is 1. The average Bonchev–Trinajstić information content (AvgIpc) is 3.00. The highest BCUT2D eigenvalue weighted by Crippen LogP contribution is 2.30. The molecule has 17 heavy (non-hydrogen) atoms. The van der Waals surface area contributed by atoms with Crippen LogP contribution in [0, 0.1) is 0 Å². The maximum Gasteiger partial charge on any atom is 0.124 e. The van der Waals surface area contributed by atoms with Crippen molar-refractivity contribution in [1.82, 2.24) is 4.98 Å². The van der Waals surface area contributed by atoms with Crippen LogP contribution in [0.15, 0.2) is 46.5 Å². The predicted octanol–water partition coefficient (Wildman–Crippen LogP) is 4.24. The Morgan fingerprint density at radius 2 is 1.76 bits per heavy atom. The van der Waals surface area contributed by atoms with Gasteiger partial charge in [0.2, 0.25) is 0 Å². The number of hydrogen-bond acceptors (Lipinski definition) is 4. The first kappa shape index (κ1) is 10.5. The quantitative estimate of drug-likeness (QED) is 0.746. The molecule has 0 aliphatic carbocycles. The summed E-state index contributed by atoms with van der Waals surface area (Å²) in [5.74, 6) is 0.280. The number of rotatable bonds is 2. The molecular weight excluding hydrogens is 250 g/mol. The van der Waals surface area contributed by atoms with E-state index in [4.69, 9.17) is 0 Å². The highest BCUT2D eigenvalue weighted by molar-refractivity contribution is 7.14. The van der Waals surface area contributed by atoms with Crippen LogP contribution in [0.5, 0.6) is 5.75 Å². The Morgan fingerprint density at radius 1 is 0.941 bits per heavy atom. The number of benzene rings is 1. The van der Waals surface area contributed by atoms with E-state index in [0.29, 0.717) is 0 Å². The third-order valence-corrected chi connectivity index (χ3v) is 4.01. The molecule has 1 N–H and O–H groups in total. The molecule has 0 saturated heterocycles. The average molecular weight is 259 g/mol. The van der Waals surface area contributed by atoms with Crippen molar-refractivity contribution in [2.45, 2.75) is 0 Å². The van der Waals surface area contributed by atoms with Crippen LogP contribution < -0.4 is 0 Å². The van der Waals surface area contributed by atoms with Gasteiger partial charge in [-0.15, -0.1) is 11.3 Å². The van der Waals surface area contributed by atoms with E-state index in [-0.39, 0.29) is 5.75 Å². The molecule has 0 atom stereocenters. The summed E-state index contributed by atoms with van der Waals surface area (Å²) in [5.41, 5.74) is 3.15. The second kappa shape index (κ2) is 4.31. The molecule has 3 rings (SSSR count). The van der Waals surface area contributed by atoms with Gasteiger partial charge in [-0.1, -0.05) is 0 Å². The zero-order valence-electron chi connectivity index (χ0n) is 8.83. The van der Waals surface area contributed by atoms with Gasteiger partial charge in [-0.3, -0.25) is 0 Å². The van der Waals surface area contributed by atoms with E-state index in [2.05, 4.69) is 21.8 Å². The maximum atomic E-state index is 9.24. The minimum atomic E-state index is 0.280. The van der Waals surface area contributed by atoms with Crippen LogP contribution in [-0.4, -0.2) is 10.1 Å². The summed E-state index contributed by atoms with van der Waals surface area (Å²) in [6, 6.07) is 9.19. The monoisotopic (exact) mass is 259 g/mol. The van der Waals surface area contributed by atoms with E-state index < -0.39 is 0 Å². The molecule has 0 bridgehead atoms. The van der Waals surface area contributed by atoms with Gasteiger partial charge in [0.25, 0.3) is 0 Å². The van der Waals surface area contributed by atoms with Crippen LogP contribution in [0.2, 0.25) is 0 Å². The summed E-state index contributed by atoms with van der Waals surface area (Å²) in [6.45, 7) is 0. The van der Waals surface area contributed by atoms with Gasteiger partial charge in [0, 0.05) is 21.9 Å². The SMILES string of the molecule is Oc1ccc(-c2csc(-c3ccsc3)n2)cc1. The van der Waals surface area contributed by atoms with Crippen molar-refractivity contribution in [3.05, 3.63) is 46.5 Å². The van der Waals surface area contributed by atoms with Crippen LogP contribution in [0.3, 0.4) is 0 Å². The van der Waals surface area contributed by atoms with Crippen molar-refractivity contribution < 1.29 is 5.11 Å². The zero-order chi connectivity index (χ0) is 11.7. The second-order valence-corrected chi connectivity index (χ2v) is 5.23. The van der Waals surface area contributed by atoms with Gasteiger partial charge in [-0.2, -0.15) is 11.3 Å².